The number of nitrogens with one attached hydrogen (secondary N) is 1. The van der Waals surface area contributed by atoms with Gasteiger partial charge in [-0.25, -0.2) is 4.39 Å². The summed E-state index contributed by atoms with van der Waals surface area (Å²) in [6.45, 7) is 1.09. The minimum atomic E-state index is -0.146. The molecule has 1 saturated carbocycles. The van der Waals surface area contributed by atoms with Gasteiger partial charge < -0.3 is 5.32 Å². The summed E-state index contributed by atoms with van der Waals surface area (Å²) in [5.41, 5.74) is 1.23. The first-order valence-electron chi connectivity index (χ1n) is 6.32. The molecule has 0 spiro atoms. The summed E-state index contributed by atoms with van der Waals surface area (Å²) in [4.78, 5) is 0. The van der Waals surface area contributed by atoms with Crippen molar-refractivity contribution < 1.29 is 4.39 Å². The van der Waals surface area contributed by atoms with E-state index in [-0.39, 0.29) is 5.82 Å². The van der Waals surface area contributed by atoms with E-state index in [1.54, 1.807) is 12.1 Å². The van der Waals surface area contributed by atoms with E-state index < -0.39 is 0 Å². The van der Waals surface area contributed by atoms with Crippen molar-refractivity contribution in [3.63, 3.8) is 0 Å². The molecule has 2 rings (SSSR count). The molecule has 1 aromatic carbocycles. The summed E-state index contributed by atoms with van der Waals surface area (Å²) in [7, 11) is 0. The highest BCUT2D eigenvalue weighted by molar-refractivity contribution is 5.15. The molecule has 0 aromatic heterocycles. The zero-order valence-corrected chi connectivity index (χ0v) is 9.71. The highest BCUT2D eigenvalue weighted by Crippen LogP contribution is 2.17. The van der Waals surface area contributed by atoms with Crippen LogP contribution in [0.2, 0.25) is 0 Å². The molecule has 1 aliphatic rings. The number of hydrogen-bond donors (Lipinski definition) is 1. The maximum absolute atomic E-state index is 12.7. The Hall–Kier alpha value is -0.890. The van der Waals surface area contributed by atoms with Crippen molar-refractivity contribution in [1.29, 1.82) is 0 Å². The molecule has 0 aliphatic heterocycles. The van der Waals surface area contributed by atoms with Gasteiger partial charge in [0.25, 0.3) is 0 Å². The molecule has 1 fully saturated rings. The zero-order chi connectivity index (χ0) is 11.2. The van der Waals surface area contributed by atoms with Crippen LogP contribution in [-0.2, 0) is 6.42 Å². The Balaban J connectivity index is 1.62. The smallest absolute Gasteiger partial charge is 0.123 e. The van der Waals surface area contributed by atoms with E-state index in [0.717, 1.165) is 25.4 Å². The Labute approximate surface area is 97.1 Å². The lowest BCUT2D eigenvalue weighted by atomic mass is 10.1. The number of benzene rings is 1. The van der Waals surface area contributed by atoms with Gasteiger partial charge in [0.2, 0.25) is 0 Å². The van der Waals surface area contributed by atoms with Gasteiger partial charge in [0.1, 0.15) is 5.82 Å². The second-order valence-electron chi connectivity index (χ2n) is 4.67. The molecule has 0 heterocycles. The van der Waals surface area contributed by atoms with Crippen molar-refractivity contribution in [1.82, 2.24) is 5.32 Å². The molecule has 1 N–H and O–H groups in total. The molecule has 0 atom stereocenters. The molecule has 0 unspecified atom stereocenters. The van der Waals surface area contributed by atoms with Gasteiger partial charge in [-0.1, -0.05) is 25.0 Å². The Morgan fingerprint density at radius 3 is 2.50 bits per heavy atom. The first-order valence-corrected chi connectivity index (χ1v) is 6.32. The van der Waals surface area contributed by atoms with Crippen LogP contribution in [0.25, 0.3) is 0 Å². The van der Waals surface area contributed by atoms with E-state index in [1.165, 1.54) is 31.2 Å². The molecule has 1 nitrogen and oxygen atoms in total. The van der Waals surface area contributed by atoms with Crippen LogP contribution in [0.4, 0.5) is 4.39 Å². The molecule has 0 bridgehead atoms. The van der Waals surface area contributed by atoms with Gasteiger partial charge in [-0.2, -0.15) is 0 Å². The van der Waals surface area contributed by atoms with E-state index in [0.29, 0.717) is 0 Å². The minimum Gasteiger partial charge on any atom is -0.314 e. The molecular formula is C14H20FN. The molecule has 0 amide bonds. The van der Waals surface area contributed by atoms with Gasteiger partial charge in [0.05, 0.1) is 0 Å². The van der Waals surface area contributed by atoms with E-state index in [2.05, 4.69) is 5.32 Å². The lowest BCUT2D eigenvalue weighted by Crippen LogP contribution is -2.27. The van der Waals surface area contributed by atoms with E-state index in [9.17, 15) is 4.39 Å². The lowest BCUT2D eigenvalue weighted by Gasteiger charge is -2.11. The monoisotopic (exact) mass is 221 g/mol. The molecule has 0 saturated heterocycles. The normalized spacial score (nSPS) is 16.8. The van der Waals surface area contributed by atoms with Gasteiger partial charge in [-0.15, -0.1) is 0 Å². The summed E-state index contributed by atoms with van der Waals surface area (Å²) in [5, 5.41) is 3.59. The first kappa shape index (κ1) is 11.6. The summed E-state index contributed by atoms with van der Waals surface area (Å²) in [5.74, 6) is -0.146. The topological polar surface area (TPSA) is 12.0 Å². The molecule has 0 radical (unpaired) electrons. The fraction of sp³-hybridized carbons (Fsp3) is 0.571. The van der Waals surface area contributed by atoms with Crippen LogP contribution < -0.4 is 5.32 Å². The highest BCUT2D eigenvalue weighted by atomic mass is 19.1. The van der Waals surface area contributed by atoms with Gasteiger partial charge in [-0.05, 0) is 49.9 Å². The lowest BCUT2D eigenvalue weighted by molar-refractivity contribution is 0.515. The SMILES string of the molecule is Fc1ccc(CCCNC2CCCC2)cc1. The number of aryl methyl sites for hydroxylation is 1. The van der Waals surface area contributed by atoms with E-state index >= 15 is 0 Å². The minimum absolute atomic E-state index is 0.146. The molecule has 1 aromatic rings. The summed E-state index contributed by atoms with van der Waals surface area (Å²) in [6, 6.07) is 7.60. The standard InChI is InChI=1S/C14H20FN/c15-13-9-7-12(8-10-13)4-3-11-16-14-5-1-2-6-14/h7-10,14,16H,1-6,11H2. The number of rotatable bonds is 5. The third-order valence-corrected chi connectivity index (χ3v) is 3.34. The molecule has 2 heteroatoms. The van der Waals surface area contributed by atoms with Gasteiger partial charge in [0, 0.05) is 6.04 Å². The Morgan fingerprint density at radius 1 is 1.12 bits per heavy atom. The number of halogens is 1. The number of hydrogen-bond acceptors (Lipinski definition) is 1. The van der Waals surface area contributed by atoms with Crippen LogP contribution in [0.3, 0.4) is 0 Å². The Morgan fingerprint density at radius 2 is 1.81 bits per heavy atom. The summed E-state index contributed by atoms with van der Waals surface area (Å²) >= 11 is 0. The van der Waals surface area contributed by atoms with Gasteiger partial charge in [0.15, 0.2) is 0 Å². The van der Waals surface area contributed by atoms with Crippen molar-refractivity contribution in [3.05, 3.63) is 35.6 Å². The van der Waals surface area contributed by atoms with Crippen LogP contribution in [0.1, 0.15) is 37.7 Å². The first-order chi connectivity index (χ1) is 7.84. The maximum Gasteiger partial charge on any atom is 0.123 e. The van der Waals surface area contributed by atoms with E-state index in [4.69, 9.17) is 0 Å². The fourth-order valence-corrected chi connectivity index (χ4v) is 2.38. The quantitative estimate of drug-likeness (QED) is 0.752. The maximum atomic E-state index is 12.7. The predicted octanol–water partition coefficient (Wildman–Crippen LogP) is 3.29. The van der Waals surface area contributed by atoms with Crippen molar-refractivity contribution in [3.8, 4) is 0 Å². The van der Waals surface area contributed by atoms with Gasteiger partial charge >= 0.3 is 0 Å². The molecule has 16 heavy (non-hydrogen) atoms. The average Bonchev–Trinajstić information content (AvgIpc) is 2.80. The van der Waals surface area contributed by atoms with Crippen molar-refractivity contribution in [2.24, 2.45) is 0 Å². The Bertz CT molecular complexity index is 301. The predicted molar refractivity (Wildman–Crippen MR) is 65.0 cm³/mol. The van der Waals surface area contributed by atoms with Crippen LogP contribution in [0.5, 0.6) is 0 Å². The molecular weight excluding hydrogens is 201 g/mol. The van der Waals surface area contributed by atoms with E-state index in [1.807, 2.05) is 12.1 Å². The van der Waals surface area contributed by atoms with Crippen molar-refractivity contribution >= 4 is 0 Å². The Kier molecular flexibility index (Phi) is 4.34. The zero-order valence-electron chi connectivity index (χ0n) is 9.71. The van der Waals surface area contributed by atoms with Crippen molar-refractivity contribution in [2.75, 3.05) is 6.54 Å². The second kappa shape index (κ2) is 6.00. The largest absolute Gasteiger partial charge is 0.314 e. The average molecular weight is 221 g/mol. The summed E-state index contributed by atoms with van der Waals surface area (Å²) < 4.78 is 12.7. The third-order valence-electron chi connectivity index (χ3n) is 3.34. The van der Waals surface area contributed by atoms with Crippen molar-refractivity contribution in [2.45, 2.75) is 44.6 Å². The van der Waals surface area contributed by atoms with Crippen LogP contribution in [0, 0.1) is 5.82 Å². The molecule has 1 aliphatic carbocycles. The van der Waals surface area contributed by atoms with Crippen LogP contribution in [-0.4, -0.2) is 12.6 Å². The highest BCUT2D eigenvalue weighted by Gasteiger charge is 2.12. The van der Waals surface area contributed by atoms with Crippen LogP contribution in [0.15, 0.2) is 24.3 Å². The second-order valence-corrected chi connectivity index (χ2v) is 4.67. The summed E-state index contributed by atoms with van der Waals surface area (Å²) in [6.07, 6.45) is 7.64. The third kappa shape index (κ3) is 3.60. The van der Waals surface area contributed by atoms with Crippen LogP contribution >= 0.6 is 0 Å². The molecule has 88 valence electrons. The fourth-order valence-electron chi connectivity index (χ4n) is 2.38. The van der Waals surface area contributed by atoms with Gasteiger partial charge in [-0.3, -0.25) is 0 Å².